The van der Waals surface area contributed by atoms with E-state index in [0.717, 1.165) is 11.1 Å². The molecule has 0 unspecified atom stereocenters. The molecule has 0 amide bonds. The summed E-state index contributed by atoms with van der Waals surface area (Å²) in [6, 6.07) is 24.6. The second kappa shape index (κ2) is 10.6. The van der Waals surface area contributed by atoms with Gasteiger partial charge in [-0.15, -0.1) is 0 Å². The van der Waals surface area contributed by atoms with Crippen LogP contribution in [0, 0.1) is 0 Å². The molecule has 0 aliphatic heterocycles. The monoisotopic (exact) mass is 401 g/mol. The number of ether oxygens (including phenoxy) is 2. The second-order valence-corrected chi connectivity index (χ2v) is 6.35. The summed E-state index contributed by atoms with van der Waals surface area (Å²) >= 11 is 0. The lowest BCUT2D eigenvalue weighted by atomic mass is 10.0. The SMILES string of the molecule is C/C=C(\C(=O)OC)c1ccccc1Oc1ccc(/C=N/OCc2ccccc2)cc1. The fraction of sp³-hybridized carbons (Fsp3) is 0.120. The molecule has 0 aromatic heterocycles. The summed E-state index contributed by atoms with van der Waals surface area (Å²) in [5, 5.41) is 4.00. The Labute approximate surface area is 176 Å². The van der Waals surface area contributed by atoms with Gasteiger partial charge in [0.2, 0.25) is 0 Å². The molecule has 0 atom stereocenters. The molecular weight excluding hydrogens is 378 g/mol. The molecule has 5 heteroatoms. The Morgan fingerprint density at radius 1 is 0.933 bits per heavy atom. The Morgan fingerprint density at radius 2 is 1.63 bits per heavy atom. The molecule has 0 aliphatic carbocycles. The number of carbonyl (C=O) groups excluding carboxylic acids is 1. The van der Waals surface area contributed by atoms with Gasteiger partial charge < -0.3 is 14.3 Å². The van der Waals surface area contributed by atoms with Gasteiger partial charge in [-0.25, -0.2) is 4.79 Å². The number of para-hydroxylation sites is 1. The average molecular weight is 401 g/mol. The minimum atomic E-state index is -0.407. The molecule has 30 heavy (non-hydrogen) atoms. The van der Waals surface area contributed by atoms with Crippen LogP contribution in [-0.2, 0) is 21.0 Å². The van der Waals surface area contributed by atoms with Crippen molar-refractivity contribution < 1.29 is 19.1 Å². The van der Waals surface area contributed by atoms with E-state index in [1.54, 1.807) is 19.2 Å². The van der Waals surface area contributed by atoms with Crippen molar-refractivity contribution in [3.8, 4) is 11.5 Å². The van der Waals surface area contributed by atoms with Gasteiger partial charge in [0.1, 0.15) is 18.1 Å². The maximum absolute atomic E-state index is 12.0. The van der Waals surface area contributed by atoms with Crippen molar-refractivity contribution >= 4 is 17.8 Å². The Balaban J connectivity index is 1.65. The van der Waals surface area contributed by atoms with Crippen molar-refractivity contribution in [1.29, 1.82) is 0 Å². The summed E-state index contributed by atoms with van der Waals surface area (Å²) in [7, 11) is 1.36. The van der Waals surface area contributed by atoms with Gasteiger partial charge in [0.05, 0.1) is 18.9 Å². The van der Waals surface area contributed by atoms with Crippen LogP contribution in [0.25, 0.3) is 5.57 Å². The van der Waals surface area contributed by atoms with Gasteiger partial charge in [-0.1, -0.05) is 59.8 Å². The third-order valence-electron chi connectivity index (χ3n) is 4.33. The normalized spacial score (nSPS) is 11.3. The lowest BCUT2D eigenvalue weighted by Gasteiger charge is -2.12. The first kappa shape index (κ1) is 20.9. The molecule has 0 radical (unpaired) electrons. The highest BCUT2D eigenvalue weighted by Crippen LogP contribution is 2.31. The van der Waals surface area contributed by atoms with Crippen molar-refractivity contribution in [3.05, 3.63) is 102 Å². The van der Waals surface area contributed by atoms with Crippen LogP contribution in [-0.4, -0.2) is 19.3 Å². The number of hydrogen-bond acceptors (Lipinski definition) is 5. The second-order valence-electron chi connectivity index (χ2n) is 6.35. The van der Waals surface area contributed by atoms with Crippen LogP contribution >= 0.6 is 0 Å². The van der Waals surface area contributed by atoms with E-state index in [0.29, 0.717) is 29.2 Å². The zero-order valence-corrected chi connectivity index (χ0v) is 16.9. The molecule has 0 N–H and O–H groups in total. The Bertz CT molecular complexity index is 1020. The molecular formula is C25H23NO4. The van der Waals surface area contributed by atoms with E-state index in [-0.39, 0.29) is 0 Å². The molecule has 0 aliphatic rings. The summed E-state index contributed by atoms with van der Waals surface area (Å²) in [6.45, 7) is 2.21. The Kier molecular flexibility index (Phi) is 7.39. The van der Waals surface area contributed by atoms with Crippen molar-refractivity contribution in [3.63, 3.8) is 0 Å². The minimum Gasteiger partial charge on any atom is -0.465 e. The summed E-state index contributed by atoms with van der Waals surface area (Å²) in [4.78, 5) is 17.4. The van der Waals surface area contributed by atoms with Crippen LogP contribution in [0.1, 0.15) is 23.6 Å². The van der Waals surface area contributed by atoms with E-state index in [1.165, 1.54) is 7.11 Å². The number of esters is 1. The molecule has 3 rings (SSSR count). The smallest absolute Gasteiger partial charge is 0.338 e. The first-order valence-corrected chi connectivity index (χ1v) is 9.52. The minimum absolute atomic E-state index is 0.407. The summed E-state index contributed by atoms with van der Waals surface area (Å²) in [5.74, 6) is 0.810. The van der Waals surface area contributed by atoms with E-state index >= 15 is 0 Å². The number of benzene rings is 3. The van der Waals surface area contributed by atoms with Crippen LogP contribution in [0.5, 0.6) is 11.5 Å². The zero-order valence-electron chi connectivity index (χ0n) is 16.9. The molecule has 0 saturated carbocycles. The number of allylic oxidation sites excluding steroid dienone is 1. The van der Waals surface area contributed by atoms with Gasteiger partial charge in [0.25, 0.3) is 0 Å². The van der Waals surface area contributed by atoms with E-state index < -0.39 is 5.97 Å². The lowest BCUT2D eigenvalue weighted by molar-refractivity contribution is -0.133. The van der Waals surface area contributed by atoms with Crippen molar-refractivity contribution in [2.24, 2.45) is 5.16 Å². The van der Waals surface area contributed by atoms with Gasteiger partial charge in [-0.3, -0.25) is 0 Å². The van der Waals surface area contributed by atoms with Gasteiger partial charge in [-0.2, -0.15) is 0 Å². The van der Waals surface area contributed by atoms with Gasteiger partial charge >= 0.3 is 5.97 Å². The number of oxime groups is 1. The van der Waals surface area contributed by atoms with Crippen molar-refractivity contribution in [2.75, 3.05) is 7.11 Å². The third kappa shape index (κ3) is 5.58. The number of rotatable bonds is 8. The van der Waals surface area contributed by atoms with E-state index in [9.17, 15) is 4.79 Å². The van der Waals surface area contributed by atoms with Gasteiger partial charge in [0, 0.05) is 5.56 Å². The number of nitrogens with zero attached hydrogens (tertiary/aromatic N) is 1. The summed E-state index contributed by atoms with van der Waals surface area (Å²) in [6.07, 6.45) is 3.36. The van der Waals surface area contributed by atoms with E-state index in [1.807, 2.05) is 78.9 Å². The van der Waals surface area contributed by atoms with Crippen LogP contribution in [0.15, 0.2) is 90.1 Å². The molecule has 152 valence electrons. The molecule has 0 heterocycles. The zero-order chi connectivity index (χ0) is 21.2. The topological polar surface area (TPSA) is 57.1 Å². The molecule has 0 fully saturated rings. The number of carbonyl (C=O) groups is 1. The quantitative estimate of drug-likeness (QED) is 0.213. The lowest BCUT2D eigenvalue weighted by Crippen LogP contribution is -2.05. The van der Waals surface area contributed by atoms with Gasteiger partial charge in [0.15, 0.2) is 0 Å². The standard InChI is InChI=1S/C25H23NO4/c1-3-22(25(27)28-2)23-11-7-8-12-24(23)30-21-15-13-19(14-16-21)17-26-29-18-20-9-5-4-6-10-20/h3-17H,18H2,1-2H3/b22-3-,26-17+. The average Bonchev–Trinajstić information content (AvgIpc) is 2.80. The van der Waals surface area contributed by atoms with E-state index in [4.69, 9.17) is 14.3 Å². The van der Waals surface area contributed by atoms with Crippen LogP contribution in [0.2, 0.25) is 0 Å². The van der Waals surface area contributed by atoms with Crippen LogP contribution in [0.3, 0.4) is 0 Å². The molecule has 5 nitrogen and oxygen atoms in total. The summed E-state index contributed by atoms with van der Waals surface area (Å²) in [5.41, 5.74) is 3.07. The summed E-state index contributed by atoms with van der Waals surface area (Å²) < 4.78 is 10.9. The highest BCUT2D eigenvalue weighted by molar-refractivity contribution is 6.17. The highest BCUT2D eigenvalue weighted by Gasteiger charge is 2.16. The Hall–Kier alpha value is -3.86. The molecule has 0 saturated heterocycles. The highest BCUT2D eigenvalue weighted by atomic mass is 16.6. The maximum atomic E-state index is 12.0. The van der Waals surface area contributed by atoms with Gasteiger partial charge in [-0.05, 0) is 48.4 Å². The number of methoxy groups -OCH3 is 1. The van der Waals surface area contributed by atoms with Crippen molar-refractivity contribution in [2.45, 2.75) is 13.5 Å². The molecule has 3 aromatic carbocycles. The predicted molar refractivity (Wildman–Crippen MR) is 117 cm³/mol. The number of hydrogen-bond donors (Lipinski definition) is 0. The molecule has 3 aromatic rings. The van der Waals surface area contributed by atoms with Crippen LogP contribution in [0.4, 0.5) is 0 Å². The first-order valence-electron chi connectivity index (χ1n) is 9.52. The van der Waals surface area contributed by atoms with Crippen LogP contribution < -0.4 is 4.74 Å². The predicted octanol–water partition coefficient (Wildman–Crippen LogP) is 5.61. The molecule has 0 spiro atoms. The third-order valence-corrected chi connectivity index (χ3v) is 4.33. The van der Waals surface area contributed by atoms with E-state index in [2.05, 4.69) is 5.16 Å². The van der Waals surface area contributed by atoms with Crippen molar-refractivity contribution in [1.82, 2.24) is 0 Å². The molecule has 0 bridgehead atoms. The maximum Gasteiger partial charge on any atom is 0.338 e. The largest absolute Gasteiger partial charge is 0.465 e. The fourth-order valence-corrected chi connectivity index (χ4v) is 2.80. The first-order chi connectivity index (χ1) is 14.7. The fourth-order valence-electron chi connectivity index (χ4n) is 2.80. The Morgan fingerprint density at radius 3 is 2.33 bits per heavy atom.